The molecule has 1 aromatic heterocycles. The number of hydrogen-bond acceptors (Lipinski definition) is 5. The zero-order chi connectivity index (χ0) is 20.1. The van der Waals surface area contributed by atoms with Gasteiger partial charge in [0.2, 0.25) is 0 Å². The second-order valence-corrected chi connectivity index (χ2v) is 6.68. The molecule has 0 radical (unpaired) electrons. The van der Waals surface area contributed by atoms with E-state index >= 15 is 0 Å². The molecule has 144 valence electrons. The van der Waals surface area contributed by atoms with Crippen molar-refractivity contribution in [2.45, 2.75) is 11.7 Å². The van der Waals surface area contributed by atoms with Crippen molar-refractivity contribution in [1.82, 2.24) is 14.8 Å². The molecule has 0 spiro atoms. The summed E-state index contributed by atoms with van der Waals surface area (Å²) >= 11 is 1.10. The predicted octanol–water partition coefficient (Wildman–Crippen LogP) is 4.39. The van der Waals surface area contributed by atoms with Gasteiger partial charge >= 0.3 is 0 Å². The summed E-state index contributed by atoms with van der Waals surface area (Å²) in [5.41, 5.74) is 0.459. The average molecular weight is 401 g/mol. The van der Waals surface area contributed by atoms with Gasteiger partial charge in [-0.05, 0) is 30.3 Å². The minimum Gasteiger partial charge on any atom is -0.496 e. The van der Waals surface area contributed by atoms with Gasteiger partial charge < -0.3 is 4.74 Å². The minimum absolute atomic E-state index is 0.110. The molecule has 0 saturated heterocycles. The maximum atomic E-state index is 13.8. The molecule has 8 heteroatoms. The van der Waals surface area contributed by atoms with Gasteiger partial charge in [-0.2, -0.15) is 0 Å². The number of thioether (sulfide) groups is 1. The molecule has 3 rings (SSSR count). The van der Waals surface area contributed by atoms with E-state index in [1.165, 1.54) is 0 Å². The standard InChI is InChI=1S/C20H17F2N3O2S/c1-3-10-25-19(14-6-4-5-7-18(14)27-2)23-24-20(25)28-12-17(26)15-11-13(21)8-9-16(15)22/h3-9,11H,1,10,12H2,2H3. The molecule has 0 atom stereocenters. The number of nitrogens with zero attached hydrogens (tertiary/aromatic N) is 3. The number of carbonyl (C=O) groups is 1. The third kappa shape index (κ3) is 4.12. The molecule has 5 nitrogen and oxygen atoms in total. The molecule has 0 N–H and O–H groups in total. The monoisotopic (exact) mass is 401 g/mol. The fraction of sp³-hybridized carbons (Fsp3) is 0.150. The van der Waals surface area contributed by atoms with Crippen LogP contribution in [0.5, 0.6) is 5.75 Å². The summed E-state index contributed by atoms with van der Waals surface area (Å²) in [6.07, 6.45) is 1.68. The third-order valence-corrected chi connectivity index (χ3v) is 4.90. The maximum absolute atomic E-state index is 13.8. The third-order valence-electron chi connectivity index (χ3n) is 3.94. The number of para-hydroxylation sites is 1. The number of aromatic nitrogens is 3. The molecule has 28 heavy (non-hydrogen) atoms. The number of methoxy groups -OCH3 is 1. The van der Waals surface area contributed by atoms with Gasteiger partial charge in [0, 0.05) is 6.54 Å². The van der Waals surface area contributed by atoms with Crippen molar-refractivity contribution in [2.75, 3.05) is 12.9 Å². The molecule has 0 aliphatic heterocycles. The summed E-state index contributed by atoms with van der Waals surface area (Å²) in [7, 11) is 1.56. The molecule has 0 unspecified atom stereocenters. The van der Waals surface area contributed by atoms with Gasteiger partial charge in [0.1, 0.15) is 17.4 Å². The number of halogens is 2. The molecular formula is C20H17F2N3O2S. The summed E-state index contributed by atoms with van der Waals surface area (Å²) in [4.78, 5) is 12.3. The lowest BCUT2D eigenvalue weighted by Gasteiger charge is -2.10. The van der Waals surface area contributed by atoms with Gasteiger partial charge in [-0.3, -0.25) is 9.36 Å². The lowest BCUT2D eigenvalue weighted by Crippen LogP contribution is -2.08. The first-order valence-corrected chi connectivity index (χ1v) is 9.32. The Morgan fingerprint density at radius 1 is 1.25 bits per heavy atom. The van der Waals surface area contributed by atoms with E-state index in [0.29, 0.717) is 23.3 Å². The normalized spacial score (nSPS) is 10.7. The highest BCUT2D eigenvalue weighted by Gasteiger charge is 2.19. The van der Waals surface area contributed by atoms with Gasteiger partial charge in [0.15, 0.2) is 16.8 Å². The van der Waals surface area contributed by atoms with Crippen LogP contribution < -0.4 is 4.74 Å². The number of Topliss-reactive ketones (excluding diaryl/α,β-unsaturated/α-hetero) is 1. The van der Waals surface area contributed by atoms with Crippen LogP contribution in [0.1, 0.15) is 10.4 Å². The Labute approximate surface area is 165 Å². The molecule has 0 bridgehead atoms. The van der Waals surface area contributed by atoms with Crippen molar-refractivity contribution in [3.05, 3.63) is 72.3 Å². The number of allylic oxidation sites excluding steroid dienone is 1. The zero-order valence-electron chi connectivity index (χ0n) is 15.1. The summed E-state index contributed by atoms with van der Waals surface area (Å²) in [5.74, 6) is -0.869. The summed E-state index contributed by atoms with van der Waals surface area (Å²) in [5, 5.41) is 8.82. The van der Waals surface area contributed by atoms with Gasteiger partial charge in [0.25, 0.3) is 0 Å². The smallest absolute Gasteiger partial charge is 0.192 e. The number of benzene rings is 2. The van der Waals surface area contributed by atoms with Crippen LogP contribution >= 0.6 is 11.8 Å². The molecule has 1 heterocycles. The lowest BCUT2D eigenvalue weighted by atomic mass is 10.1. The zero-order valence-corrected chi connectivity index (χ0v) is 15.9. The Morgan fingerprint density at radius 3 is 2.79 bits per heavy atom. The first-order valence-electron chi connectivity index (χ1n) is 8.33. The molecule has 0 aliphatic rings. The molecule has 0 amide bonds. The van der Waals surface area contributed by atoms with Crippen LogP contribution in [-0.2, 0) is 6.54 Å². The number of hydrogen-bond donors (Lipinski definition) is 0. The second kappa shape index (κ2) is 8.79. The number of ketones is 1. The van der Waals surface area contributed by atoms with Crippen LogP contribution in [0.2, 0.25) is 0 Å². The minimum atomic E-state index is -0.755. The van der Waals surface area contributed by atoms with Crippen molar-refractivity contribution in [2.24, 2.45) is 0 Å². The molecule has 0 aliphatic carbocycles. The molecule has 0 fully saturated rings. The average Bonchev–Trinajstić information content (AvgIpc) is 3.10. The van der Waals surface area contributed by atoms with E-state index in [1.54, 1.807) is 17.8 Å². The highest BCUT2D eigenvalue weighted by Crippen LogP contribution is 2.31. The molecule has 2 aromatic carbocycles. The summed E-state index contributed by atoms with van der Waals surface area (Å²) < 4.78 is 34.3. The maximum Gasteiger partial charge on any atom is 0.192 e. The first-order chi connectivity index (χ1) is 13.5. The Balaban J connectivity index is 1.87. The number of carbonyl (C=O) groups excluding carboxylic acids is 1. The Morgan fingerprint density at radius 2 is 2.04 bits per heavy atom. The largest absolute Gasteiger partial charge is 0.496 e. The van der Waals surface area contributed by atoms with Crippen molar-refractivity contribution < 1.29 is 18.3 Å². The van der Waals surface area contributed by atoms with E-state index < -0.39 is 17.4 Å². The van der Waals surface area contributed by atoms with Gasteiger partial charge in [-0.15, -0.1) is 16.8 Å². The van der Waals surface area contributed by atoms with E-state index in [1.807, 2.05) is 24.3 Å². The summed E-state index contributed by atoms with van der Waals surface area (Å²) in [6.45, 7) is 4.15. The van der Waals surface area contributed by atoms with Crippen molar-refractivity contribution in [3.63, 3.8) is 0 Å². The van der Waals surface area contributed by atoms with Gasteiger partial charge in [-0.1, -0.05) is 30.0 Å². The van der Waals surface area contributed by atoms with Crippen LogP contribution in [-0.4, -0.2) is 33.4 Å². The van der Waals surface area contributed by atoms with Crippen molar-refractivity contribution in [3.8, 4) is 17.1 Å². The second-order valence-electron chi connectivity index (χ2n) is 5.74. The quantitative estimate of drug-likeness (QED) is 0.318. The van der Waals surface area contributed by atoms with E-state index in [2.05, 4.69) is 16.8 Å². The first kappa shape index (κ1) is 19.8. The van der Waals surface area contributed by atoms with Crippen LogP contribution in [0.4, 0.5) is 8.78 Å². The van der Waals surface area contributed by atoms with E-state index in [0.717, 1.165) is 35.5 Å². The molecule has 3 aromatic rings. The van der Waals surface area contributed by atoms with Crippen LogP contribution in [0.25, 0.3) is 11.4 Å². The van der Waals surface area contributed by atoms with Crippen LogP contribution in [0.3, 0.4) is 0 Å². The van der Waals surface area contributed by atoms with Crippen molar-refractivity contribution >= 4 is 17.5 Å². The Kier molecular flexibility index (Phi) is 6.20. The highest BCUT2D eigenvalue weighted by atomic mass is 32.2. The predicted molar refractivity (Wildman–Crippen MR) is 104 cm³/mol. The molecular weight excluding hydrogens is 384 g/mol. The van der Waals surface area contributed by atoms with E-state index in [9.17, 15) is 13.6 Å². The van der Waals surface area contributed by atoms with Crippen LogP contribution in [0, 0.1) is 11.6 Å². The lowest BCUT2D eigenvalue weighted by molar-refractivity contribution is 0.101. The van der Waals surface area contributed by atoms with Crippen molar-refractivity contribution in [1.29, 1.82) is 0 Å². The Hall–Kier alpha value is -3.00. The highest BCUT2D eigenvalue weighted by molar-refractivity contribution is 7.99. The van der Waals surface area contributed by atoms with E-state index in [-0.39, 0.29) is 11.3 Å². The van der Waals surface area contributed by atoms with Gasteiger partial charge in [-0.25, -0.2) is 8.78 Å². The SMILES string of the molecule is C=CCn1c(SCC(=O)c2cc(F)ccc2F)nnc1-c1ccccc1OC. The number of rotatable bonds is 8. The summed E-state index contributed by atoms with van der Waals surface area (Å²) in [6, 6.07) is 10.2. The Bertz CT molecular complexity index is 1020. The van der Waals surface area contributed by atoms with E-state index in [4.69, 9.17) is 4.74 Å². The fourth-order valence-corrected chi connectivity index (χ4v) is 3.47. The van der Waals surface area contributed by atoms with Gasteiger partial charge in [0.05, 0.1) is 24.0 Å². The van der Waals surface area contributed by atoms with Crippen LogP contribution in [0.15, 0.2) is 60.3 Å². The topological polar surface area (TPSA) is 57.0 Å². The molecule has 0 saturated carbocycles. The number of ether oxygens (including phenoxy) is 1. The fourth-order valence-electron chi connectivity index (χ4n) is 2.64.